The molecule has 3 N–H and O–H groups in total. The maximum absolute atomic E-state index is 15.1. The van der Waals surface area contributed by atoms with Crippen molar-refractivity contribution in [3.05, 3.63) is 143 Å². The molecule has 9 heterocycles. The molecular formula is C87H123F6N15O3. The van der Waals surface area contributed by atoms with Gasteiger partial charge in [0.2, 0.25) is 35.5 Å². The van der Waals surface area contributed by atoms with Gasteiger partial charge in [0.1, 0.15) is 34.9 Å². The molecule has 3 aromatic carbocycles. The lowest BCUT2D eigenvalue weighted by Crippen LogP contribution is -2.45. The van der Waals surface area contributed by atoms with Crippen LogP contribution in [0.2, 0.25) is 0 Å². The maximum atomic E-state index is 15.1. The molecular weight excluding hydrogens is 1420 g/mol. The van der Waals surface area contributed by atoms with E-state index in [0.29, 0.717) is 43.3 Å². The minimum Gasteiger partial charge on any atom is -0.349 e. The van der Waals surface area contributed by atoms with Crippen LogP contribution in [0.3, 0.4) is 0 Å². The number of hydrogen-bond donors (Lipinski definition) is 3. The van der Waals surface area contributed by atoms with Gasteiger partial charge in [-0.15, -0.1) is 30.6 Å². The largest absolute Gasteiger partial charge is 0.349 e. The molecule has 15 rings (SSSR count). The highest BCUT2D eigenvalue weighted by molar-refractivity contribution is 5.80. The molecule has 6 bridgehead atoms. The Morgan fingerprint density at radius 1 is 0.432 bits per heavy atom. The van der Waals surface area contributed by atoms with E-state index in [1.54, 1.807) is 41.3 Å². The monoisotopic (exact) mass is 1580 g/mol. The summed E-state index contributed by atoms with van der Waals surface area (Å²) in [5.74, 6) is -25.9. The van der Waals surface area contributed by atoms with Gasteiger partial charge in [-0.1, -0.05) is 132 Å². The summed E-state index contributed by atoms with van der Waals surface area (Å²) in [6.07, 6.45) is -12.2. The Bertz CT molecular complexity index is 5430. The zero-order chi connectivity index (χ0) is 109. The van der Waals surface area contributed by atoms with Crippen LogP contribution in [-0.2, 0) is 14.4 Å². The number of aromatic nitrogens is 9. The summed E-state index contributed by atoms with van der Waals surface area (Å²) in [5.41, 5.74) is 1.84. The zero-order valence-corrected chi connectivity index (χ0v) is 62.2. The van der Waals surface area contributed by atoms with E-state index in [1.165, 1.54) is 29.2 Å². The van der Waals surface area contributed by atoms with Crippen LogP contribution in [0.25, 0.3) is 0 Å². The van der Waals surface area contributed by atoms with Gasteiger partial charge < -0.3 is 29.7 Å². The van der Waals surface area contributed by atoms with Crippen molar-refractivity contribution in [2.24, 2.45) is 17.8 Å². The first kappa shape index (κ1) is 48.4. The molecule has 9 aliphatic rings. The molecule has 6 aromatic rings. The second-order valence-corrected chi connectivity index (χ2v) is 31.4. The van der Waals surface area contributed by atoms with E-state index in [4.69, 9.17) is 42.5 Å². The summed E-state index contributed by atoms with van der Waals surface area (Å²) >= 11 is 0. The van der Waals surface area contributed by atoms with E-state index >= 15 is 8.78 Å². The molecule has 9 unspecified atom stereocenters. The van der Waals surface area contributed by atoms with E-state index in [9.17, 15) is 37.4 Å². The SMILES string of the molecule is [2H]C([2H])([2H])c1nnc(C(C)C)n1C1CC2CCC(C1)N2CCC(NC(=O)C1CCC(F)(F)CC1)c1ccccc1.[2H]C([2H])([2H])c1nnc(C([2H])(C([2H])([2H])[2H])C([2H])([2H])[2H])n1C1CC2CCC(C1)N2C([2H])([2H])CC(NC(=O)C1C([2H])([2H])C([2H])([2H])C(F)(F)C([2H])([2H])C1([2H])[2H])c1ccccc1.[2H]C([2H])([2H])c1nnc(C([2H])(C([2H])([2H])[2H])C([2H])([2H])[2H])n1C1CC2CCC(C1)N2C([2H])([2H])CC(NC(=O)C1CCC(F)(F)CC1)c1ccccc1. The number of nitrogens with zero attached hydrogens (tertiary/aromatic N) is 12. The Balaban J connectivity index is 0.000000186. The molecule has 3 aromatic heterocycles. The lowest BCUT2D eigenvalue weighted by molar-refractivity contribution is -0.131. The quantitative estimate of drug-likeness (QED) is 0.0487. The van der Waals surface area contributed by atoms with Gasteiger partial charge in [-0.25, -0.2) is 26.3 Å². The van der Waals surface area contributed by atoms with E-state index in [0.717, 1.165) is 59.2 Å². The van der Waals surface area contributed by atoms with Crippen molar-refractivity contribution in [1.82, 2.24) is 74.9 Å². The lowest BCUT2D eigenvalue weighted by atomic mass is 9.86. The van der Waals surface area contributed by atoms with Gasteiger partial charge in [-0.2, -0.15) is 0 Å². The van der Waals surface area contributed by atoms with Crippen molar-refractivity contribution in [1.29, 1.82) is 0 Å². The molecule has 24 heteroatoms. The molecule has 3 saturated carbocycles. The van der Waals surface area contributed by atoms with Crippen LogP contribution in [0.15, 0.2) is 91.0 Å². The summed E-state index contributed by atoms with van der Waals surface area (Å²) in [6.45, 7) is -21.8. The molecule has 3 amide bonds. The minimum atomic E-state index is -5.23. The second kappa shape index (κ2) is 35.8. The number of benzene rings is 3. The smallest absolute Gasteiger partial charge is 0.248 e. The molecule has 18 nitrogen and oxygen atoms in total. The first-order valence-corrected chi connectivity index (χ1v) is 38.8. The summed E-state index contributed by atoms with van der Waals surface area (Å²) in [5, 5.41) is 31.5. The predicted molar refractivity (Wildman–Crippen MR) is 418 cm³/mol. The standard InChI is InChI=1S/3C29H41F2N5O/c3*1-19(2)27-34-33-20(3)36(27)25-17-23-9-10-24(18-25)35(23)16-13-26(21-7-5-4-6-8-21)32-28(37)22-11-14-29(30,31)15-12-22/h3*4-8,19,22-26H,9-18H2,1-3H3,(H,32,37)/i1D3,2D3,3D3,11D2,12D2,14D2,15D2,16D2,19D;1D3,2D3,3D3,16D2,19D;3D3. The van der Waals surface area contributed by atoms with Gasteiger partial charge in [0.15, 0.2) is 0 Å². The van der Waals surface area contributed by atoms with Crippen molar-refractivity contribution in [2.75, 3.05) is 19.5 Å². The molecule has 9 fully saturated rings. The zero-order valence-electron chi connectivity index (χ0n) is 97.2. The van der Waals surface area contributed by atoms with Gasteiger partial charge in [0.25, 0.3) is 0 Å². The van der Waals surface area contributed by atoms with Crippen LogP contribution >= 0.6 is 0 Å². The Morgan fingerprint density at radius 3 is 1.08 bits per heavy atom. The van der Waals surface area contributed by atoms with Crippen molar-refractivity contribution in [2.45, 2.75) is 343 Å². The molecule has 6 saturated heterocycles. The van der Waals surface area contributed by atoms with Gasteiger partial charge in [-0.05, 0) is 172 Å². The average Bonchev–Trinajstić information content (AvgIpc) is 0.726. The predicted octanol–water partition coefficient (Wildman–Crippen LogP) is 17.9. The lowest BCUT2D eigenvalue weighted by Gasteiger charge is -2.40. The third-order valence-electron chi connectivity index (χ3n) is 23.8. The molecule has 9 atom stereocenters. The van der Waals surface area contributed by atoms with Crippen molar-refractivity contribution in [3.8, 4) is 0 Å². The number of carbonyl (C=O) groups excluding carboxylic acids is 3. The third-order valence-corrected chi connectivity index (χ3v) is 23.8. The fraction of sp³-hybridized carbons (Fsp3) is 0.690. The first-order chi connectivity index (χ1) is 66.9. The highest BCUT2D eigenvalue weighted by atomic mass is 19.3. The fourth-order valence-corrected chi connectivity index (χ4v) is 18.2. The number of halogens is 6. The molecule has 3 aliphatic carbocycles. The van der Waals surface area contributed by atoms with E-state index in [2.05, 4.69) is 51.4 Å². The number of fused-ring (bicyclic) bond motifs is 6. The highest BCUT2D eigenvalue weighted by Crippen LogP contribution is 2.48. The van der Waals surface area contributed by atoms with Crippen LogP contribution in [0.4, 0.5) is 26.3 Å². The number of piperidine rings is 3. The maximum Gasteiger partial charge on any atom is 0.248 e. The van der Waals surface area contributed by atoms with Crippen LogP contribution in [0, 0.1) is 38.3 Å². The Labute approximate surface area is 703 Å². The average molecular weight is 1580 g/mol. The molecule has 111 heavy (non-hydrogen) atoms. The molecule has 606 valence electrons. The van der Waals surface area contributed by atoms with Crippen LogP contribution < -0.4 is 16.0 Å². The topological polar surface area (TPSA) is 189 Å². The van der Waals surface area contributed by atoms with Crippen LogP contribution in [0.5, 0.6) is 0 Å². The molecule has 0 radical (unpaired) electrons. The summed E-state index contributed by atoms with van der Waals surface area (Å²) in [4.78, 5) is 46.0. The van der Waals surface area contributed by atoms with E-state index in [-0.39, 0.29) is 112 Å². The normalized spacial score (nSPS) is 34.6. The minimum absolute atomic E-state index is 0.0252. The Hall–Kier alpha value is -7.05. The summed E-state index contributed by atoms with van der Waals surface area (Å²) in [7, 11) is 0. The molecule has 0 spiro atoms. The van der Waals surface area contributed by atoms with Gasteiger partial charge >= 0.3 is 0 Å². The van der Waals surface area contributed by atoms with Gasteiger partial charge in [-0.3, -0.25) is 29.1 Å². The fourth-order valence-electron chi connectivity index (χ4n) is 18.2. The van der Waals surface area contributed by atoms with Gasteiger partial charge in [0.05, 0.1) is 18.1 Å². The number of alkyl halides is 6. The van der Waals surface area contributed by atoms with Crippen molar-refractivity contribution in [3.63, 3.8) is 0 Å². The first-order valence-electron chi connectivity index (χ1n) is 56.3. The number of hydrogen-bond acceptors (Lipinski definition) is 12. The van der Waals surface area contributed by atoms with Gasteiger partial charge in [0, 0.05) is 196 Å². The Morgan fingerprint density at radius 2 is 0.748 bits per heavy atom. The van der Waals surface area contributed by atoms with E-state index in [1.807, 2.05) is 48.7 Å². The number of amides is 3. The van der Waals surface area contributed by atoms with Crippen LogP contribution in [0.1, 0.15) is 368 Å². The summed E-state index contributed by atoms with van der Waals surface area (Å²) in [6, 6.07) is 20.0. The third kappa shape index (κ3) is 19.8. The number of rotatable bonds is 24. The number of aryl methyl sites for hydroxylation is 3. The van der Waals surface area contributed by atoms with Crippen LogP contribution in [-0.4, -0.2) is 150 Å². The van der Waals surface area contributed by atoms with Crippen molar-refractivity contribution < 1.29 is 88.7 Å². The van der Waals surface area contributed by atoms with Crippen molar-refractivity contribution >= 4 is 17.7 Å². The number of carbonyl (C=O) groups is 3. The molecule has 6 aliphatic heterocycles. The summed E-state index contributed by atoms with van der Waals surface area (Å²) < 4.78 is 376. The van der Waals surface area contributed by atoms with E-state index < -0.39 is 231 Å². The Kier molecular flexibility index (Phi) is 15.6. The highest BCUT2D eigenvalue weighted by Gasteiger charge is 2.48. The number of nitrogens with one attached hydrogen (secondary N) is 3. The second-order valence-electron chi connectivity index (χ2n) is 31.4.